The van der Waals surface area contributed by atoms with Crippen LogP contribution in [0.4, 0.5) is 0 Å². The van der Waals surface area contributed by atoms with Gasteiger partial charge in [-0.05, 0) is 54.8 Å². The van der Waals surface area contributed by atoms with E-state index >= 15 is 0 Å². The van der Waals surface area contributed by atoms with E-state index in [1.807, 2.05) is 0 Å². The molecule has 0 saturated carbocycles. The molecule has 14 heavy (non-hydrogen) atoms. The molecule has 1 heteroatoms. The van der Waals surface area contributed by atoms with Gasteiger partial charge in [0, 0.05) is 0 Å². The van der Waals surface area contributed by atoms with Crippen LogP contribution in [-0.2, 0) is 12.8 Å². The normalized spacial score (nSPS) is 16.7. The SMILES string of the molecule is CC(CCN)c1cccc2c1CCC2. The van der Waals surface area contributed by atoms with Gasteiger partial charge < -0.3 is 5.73 Å². The Labute approximate surface area is 86.3 Å². The lowest BCUT2D eigenvalue weighted by molar-refractivity contribution is 0.683. The summed E-state index contributed by atoms with van der Waals surface area (Å²) in [6.07, 6.45) is 5.00. The summed E-state index contributed by atoms with van der Waals surface area (Å²) in [5.41, 5.74) is 10.4. The average Bonchev–Trinajstić information content (AvgIpc) is 2.65. The Morgan fingerprint density at radius 2 is 2.21 bits per heavy atom. The predicted octanol–water partition coefficient (Wildman–Crippen LogP) is 2.63. The standard InChI is InChI=1S/C13H19N/c1-10(8-9-14)12-6-2-4-11-5-3-7-13(11)12/h2,4,6,10H,3,5,7-9,14H2,1H3. The van der Waals surface area contributed by atoms with Gasteiger partial charge in [0.2, 0.25) is 0 Å². The highest BCUT2D eigenvalue weighted by molar-refractivity contribution is 5.40. The highest BCUT2D eigenvalue weighted by Crippen LogP contribution is 2.30. The quantitative estimate of drug-likeness (QED) is 0.777. The molecule has 0 saturated heterocycles. The van der Waals surface area contributed by atoms with Crippen LogP contribution >= 0.6 is 0 Å². The fourth-order valence-electron chi connectivity index (χ4n) is 2.52. The zero-order chi connectivity index (χ0) is 9.97. The summed E-state index contributed by atoms with van der Waals surface area (Å²) in [5.74, 6) is 0.632. The Balaban J connectivity index is 2.29. The van der Waals surface area contributed by atoms with Crippen molar-refractivity contribution in [3.05, 3.63) is 34.9 Å². The number of benzene rings is 1. The van der Waals surface area contributed by atoms with E-state index in [0.29, 0.717) is 5.92 Å². The van der Waals surface area contributed by atoms with Crippen LogP contribution < -0.4 is 5.73 Å². The summed E-state index contributed by atoms with van der Waals surface area (Å²) in [7, 11) is 0. The van der Waals surface area contributed by atoms with E-state index in [-0.39, 0.29) is 0 Å². The van der Waals surface area contributed by atoms with Crippen LogP contribution in [0.25, 0.3) is 0 Å². The molecule has 0 bridgehead atoms. The first kappa shape index (κ1) is 9.72. The summed E-state index contributed by atoms with van der Waals surface area (Å²) in [4.78, 5) is 0. The van der Waals surface area contributed by atoms with Crippen molar-refractivity contribution in [1.82, 2.24) is 0 Å². The summed E-state index contributed by atoms with van der Waals surface area (Å²) >= 11 is 0. The second kappa shape index (κ2) is 4.14. The zero-order valence-electron chi connectivity index (χ0n) is 8.92. The van der Waals surface area contributed by atoms with Gasteiger partial charge in [-0.1, -0.05) is 25.1 Å². The molecular weight excluding hydrogens is 170 g/mol. The van der Waals surface area contributed by atoms with E-state index in [4.69, 9.17) is 5.73 Å². The minimum absolute atomic E-state index is 0.632. The molecule has 1 aliphatic rings. The van der Waals surface area contributed by atoms with E-state index in [2.05, 4.69) is 25.1 Å². The molecule has 1 aromatic rings. The van der Waals surface area contributed by atoms with Crippen molar-refractivity contribution in [3.63, 3.8) is 0 Å². The fourth-order valence-corrected chi connectivity index (χ4v) is 2.52. The average molecular weight is 189 g/mol. The van der Waals surface area contributed by atoms with Crippen molar-refractivity contribution in [2.45, 2.75) is 38.5 Å². The van der Waals surface area contributed by atoms with E-state index in [1.165, 1.54) is 19.3 Å². The molecule has 0 spiro atoms. The van der Waals surface area contributed by atoms with Gasteiger partial charge in [0.25, 0.3) is 0 Å². The van der Waals surface area contributed by atoms with E-state index < -0.39 is 0 Å². The Kier molecular flexibility index (Phi) is 2.87. The third-order valence-electron chi connectivity index (χ3n) is 3.31. The van der Waals surface area contributed by atoms with Gasteiger partial charge in [0.1, 0.15) is 0 Å². The van der Waals surface area contributed by atoms with Gasteiger partial charge in [0.05, 0.1) is 0 Å². The number of nitrogens with two attached hydrogens (primary N) is 1. The van der Waals surface area contributed by atoms with Gasteiger partial charge in [-0.3, -0.25) is 0 Å². The third kappa shape index (κ3) is 1.69. The maximum Gasteiger partial charge on any atom is -0.00715 e. The van der Waals surface area contributed by atoms with E-state index in [1.54, 1.807) is 16.7 Å². The number of hydrogen-bond donors (Lipinski definition) is 1. The molecule has 1 atom stereocenters. The molecular formula is C13H19N. The maximum atomic E-state index is 5.61. The van der Waals surface area contributed by atoms with Crippen LogP contribution in [0.15, 0.2) is 18.2 Å². The Bertz CT molecular complexity index is 317. The highest BCUT2D eigenvalue weighted by atomic mass is 14.5. The summed E-state index contributed by atoms with van der Waals surface area (Å²) in [5, 5.41) is 0. The monoisotopic (exact) mass is 189 g/mol. The summed E-state index contributed by atoms with van der Waals surface area (Å²) in [6, 6.07) is 6.76. The maximum absolute atomic E-state index is 5.61. The van der Waals surface area contributed by atoms with Crippen LogP contribution in [0.3, 0.4) is 0 Å². The van der Waals surface area contributed by atoms with E-state index in [9.17, 15) is 0 Å². The molecule has 1 aliphatic carbocycles. The van der Waals surface area contributed by atoms with Crippen molar-refractivity contribution in [3.8, 4) is 0 Å². The smallest absolute Gasteiger partial charge is 0.00715 e. The Hall–Kier alpha value is -0.820. The van der Waals surface area contributed by atoms with Gasteiger partial charge in [-0.25, -0.2) is 0 Å². The molecule has 0 aliphatic heterocycles. The fraction of sp³-hybridized carbons (Fsp3) is 0.538. The number of rotatable bonds is 3. The lowest BCUT2D eigenvalue weighted by Crippen LogP contribution is -2.06. The van der Waals surface area contributed by atoms with Crippen molar-refractivity contribution < 1.29 is 0 Å². The van der Waals surface area contributed by atoms with Crippen LogP contribution in [-0.4, -0.2) is 6.54 Å². The molecule has 1 aromatic carbocycles. The van der Waals surface area contributed by atoms with Crippen LogP contribution in [0, 0.1) is 0 Å². The van der Waals surface area contributed by atoms with Crippen molar-refractivity contribution in [2.24, 2.45) is 5.73 Å². The van der Waals surface area contributed by atoms with Crippen LogP contribution in [0.5, 0.6) is 0 Å². The molecule has 0 fully saturated rings. The first-order chi connectivity index (χ1) is 6.83. The molecule has 0 radical (unpaired) electrons. The number of hydrogen-bond acceptors (Lipinski definition) is 1. The molecule has 1 nitrogen and oxygen atoms in total. The Morgan fingerprint density at radius 1 is 1.36 bits per heavy atom. The molecule has 2 rings (SSSR count). The second-order valence-electron chi connectivity index (χ2n) is 4.32. The molecule has 2 N–H and O–H groups in total. The van der Waals surface area contributed by atoms with Gasteiger partial charge in [-0.15, -0.1) is 0 Å². The van der Waals surface area contributed by atoms with Crippen molar-refractivity contribution >= 4 is 0 Å². The number of aryl methyl sites for hydroxylation is 1. The largest absolute Gasteiger partial charge is 0.330 e. The Morgan fingerprint density at radius 3 is 3.00 bits per heavy atom. The van der Waals surface area contributed by atoms with Gasteiger partial charge in [0.15, 0.2) is 0 Å². The van der Waals surface area contributed by atoms with Gasteiger partial charge in [-0.2, -0.15) is 0 Å². The lowest BCUT2D eigenvalue weighted by Gasteiger charge is -2.15. The van der Waals surface area contributed by atoms with Crippen LogP contribution in [0.1, 0.15) is 42.4 Å². The first-order valence-electron chi connectivity index (χ1n) is 5.63. The van der Waals surface area contributed by atoms with Crippen LogP contribution in [0.2, 0.25) is 0 Å². The number of fused-ring (bicyclic) bond motifs is 1. The van der Waals surface area contributed by atoms with E-state index in [0.717, 1.165) is 13.0 Å². The zero-order valence-corrected chi connectivity index (χ0v) is 8.92. The molecule has 0 aromatic heterocycles. The highest BCUT2D eigenvalue weighted by Gasteiger charge is 2.17. The van der Waals surface area contributed by atoms with Crippen molar-refractivity contribution in [1.29, 1.82) is 0 Å². The topological polar surface area (TPSA) is 26.0 Å². The summed E-state index contributed by atoms with van der Waals surface area (Å²) in [6.45, 7) is 3.09. The first-order valence-corrected chi connectivity index (χ1v) is 5.63. The molecule has 0 amide bonds. The second-order valence-corrected chi connectivity index (χ2v) is 4.32. The van der Waals surface area contributed by atoms with Gasteiger partial charge >= 0.3 is 0 Å². The third-order valence-corrected chi connectivity index (χ3v) is 3.31. The van der Waals surface area contributed by atoms with Crippen molar-refractivity contribution in [2.75, 3.05) is 6.54 Å². The molecule has 76 valence electrons. The minimum atomic E-state index is 0.632. The minimum Gasteiger partial charge on any atom is -0.330 e. The molecule has 0 heterocycles. The lowest BCUT2D eigenvalue weighted by atomic mass is 9.91. The predicted molar refractivity (Wildman–Crippen MR) is 60.6 cm³/mol. The summed E-state index contributed by atoms with van der Waals surface area (Å²) < 4.78 is 0. The molecule has 1 unspecified atom stereocenters.